The zero-order valence-corrected chi connectivity index (χ0v) is 15.0. The van der Waals surface area contributed by atoms with Crippen LogP contribution in [-0.4, -0.2) is 12.7 Å². The number of hydrogen-bond acceptors (Lipinski definition) is 1. The fraction of sp³-hybridized carbons (Fsp3) is 1.00. The molecule has 1 heteroatoms. The maximum absolute atomic E-state index is 5.56. The van der Waals surface area contributed by atoms with Crippen LogP contribution in [0.1, 0.15) is 105 Å². The maximum atomic E-state index is 5.56. The van der Waals surface area contributed by atoms with Gasteiger partial charge in [-0.1, -0.05) is 78.6 Å². The van der Waals surface area contributed by atoms with E-state index in [1.807, 2.05) is 0 Å². The SMILES string of the molecule is CCC(CC)(CC)CCCCCCCCCOC(C)C. The largest absolute Gasteiger partial charge is 0.379 e. The molecule has 0 aliphatic rings. The van der Waals surface area contributed by atoms with Crippen LogP contribution in [0.3, 0.4) is 0 Å². The van der Waals surface area contributed by atoms with Gasteiger partial charge in [-0.05, 0) is 32.1 Å². The third-order valence-electron chi connectivity index (χ3n) is 5.05. The molecule has 0 spiro atoms. The Hall–Kier alpha value is -0.0400. The van der Waals surface area contributed by atoms with Crippen molar-refractivity contribution in [2.75, 3.05) is 6.61 Å². The predicted octanol–water partition coefficient (Wildman–Crippen LogP) is 6.75. The molecule has 0 bridgehead atoms. The molecular formula is C19H40O. The molecule has 1 nitrogen and oxygen atoms in total. The standard InChI is InChI=1S/C19H40O/c1-6-19(7-2,8-3)16-14-12-10-9-11-13-15-17-20-18(4)5/h18H,6-17H2,1-5H3. The Morgan fingerprint density at radius 1 is 0.700 bits per heavy atom. The van der Waals surface area contributed by atoms with E-state index in [1.54, 1.807) is 0 Å². The van der Waals surface area contributed by atoms with Crippen LogP contribution in [0.4, 0.5) is 0 Å². The van der Waals surface area contributed by atoms with Crippen LogP contribution in [0.15, 0.2) is 0 Å². The van der Waals surface area contributed by atoms with E-state index in [1.165, 1.54) is 70.6 Å². The van der Waals surface area contributed by atoms with Gasteiger partial charge in [0, 0.05) is 6.61 Å². The Morgan fingerprint density at radius 2 is 1.15 bits per heavy atom. The molecule has 122 valence electrons. The Bertz CT molecular complexity index is 186. The first-order chi connectivity index (χ1) is 9.60. The van der Waals surface area contributed by atoms with Crippen molar-refractivity contribution in [1.82, 2.24) is 0 Å². The van der Waals surface area contributed by atoms with Gasteiger partial charge in [0.05, 0.1) is 6.10 Å². The highest BCUT2D eigenvalue weighted by atomic mass is 16.5. The van der Waals surface area contributed by atoms with Gasteiger partial charge < -0.3 is 4.74 Å². The molecule has 0 aliphatic carbocycles. The van der Waals surface area contributed by atoms with E-state index in [0.717, 1.165) is 6.61 Å². The normalized spacial score (nSPS) is 12.3. The highest BCUT2D eigenvalue weighted by molar-refractivity contribution is 4.74. The van der Waals surface area contributed by atoms with Crippen LogP contribution in [0.25, 0.3) is 0 Å². The maximum Gasteiger partial charge on any atom is 0.0518 e. The van der Waals surface area contributed by atoms with Gasteiger partial charge in [0.1, 0.15) is 0 Å². The minimum atomic E-state index is 0.394. The second kappa shape index (κ2) is 12.7. The Morgan fingerprint density at radius 3 is 1.60 bits per heavy atom. The van der Waals surface area contributed by atoms with Gasteiger partial charge in [0.15, 0.2) is 0 Å². The number of ether oxygens (including phenoxy) is 1. The quantitative estimate of drug-likeness (QED) is 0.321. The summed E-state index contributed by atoms with van der Waals surface area (Å²) in [4.78, 5) is 0. The van der Waals surface area contributed by atoms with Crippen molar-refractivity contribution < 1.29 is 4.74 Å². The molecule has 0 unspecified atom stereocenters. The smallest absolute Gasteiger partial charge is 0.0518 e. The van der Waals surface area contributed by atoms with Crippen molar-refractivity contribution >= 4 is 0 Å². The molecule has 0 rings (SSSR count). The monoisotopic (exact) mass is 284 g/mol. The average Bonchev–Trinajstić information content (AvgIpc) is 2.45. The van der Waals surface area contributed by atoms with Crippen molar-refractivity contribution in [2.45, 2.75) is 111 Å². The summed E-state index contributed by atoms with van der Waals surface area (Å²) in [6.07, 6.45) is 15.6. The fourth-order valence-corrected chi connectivity index (χ4v) is 3.09. The van der Waals surface area contributed by atoms with Crippen LogP contribution in [0.5, 0.6) is 0 Å². The van der Waals surface area contributed by atoms with Crippen molar-refractivity contribution in [3.05, 3.63) is 0 Å². The molecular weight excluding hydrogens is 244 g/mol. The van der Waals surface area contributed by atoms with Crippen LogP contribution in [0.2, 0.25) is 0 Å². The summed E-state index contributed by atoms with van der Waals surface area (Å²) in [5.41, 5.74) is 0.647. The Balaban J connectivity index is 3.36. The molecule has 0 N–H and O–H groups in total. The van der Waals surface area contributed by atoms with E-state index >= 15 is 0 Å². The highest BCUT2D eigenvalue weighted by Crippen LogP contribution is 2.36. The average molecular weight is 285 g/mol. The summed E-state index contributed by atoms with van der Waals surface area (Å²) in [7, 11) is 0. The third kappa shape index (κ3) is 9.80. The lowest BCUT2D eigenvalue weighted by Gasteiger charge is -2.30. The first-order valence-electron chi connectivity index (χ1n) is 9.21. The fourth-order valence-electron chi connectivity index (χ4n) is 3.09. The Kier molecular flexibility index (Phi) is 12.7. The van der Waals surface area contributed by atoms with E-state index in [0.29, 0.717) is 11.5 Å². The van der Waals surface area contributed by atoms with Crippen molar-refractivity contribution in [3.8, 4) is 0 Å². The summed E-state index contributed by atoms with van der Waals surface area (Å²) in [6.45, 7) is 12.3. The molecule has 0 saturated heterocycles. The third-order valence-corrected chi connectivity index (χ3v) is 5.05. The van der Waals surface area contributed by atoms with Gasteiger partial charge >= 0.3 is 0 Å². The second-order valence-electron chi connectivity index (χ2n) is 6.71. The number of unbranched alkanes of at least 4 members (excludes halogenated alkanes) is 6. The molecule has 0 atom stereocenters. The molecule has 0 aliphatic heterocycles. The summed E-state index contributed by atoms with van der Waals surface area (Å²) in [5, 5.41) is 0. The van der Waals surface area contributed by atoms with Gasteiger partial charge in [0.25, 0.3) is 0 Å². The van der Waals surface area contributed by atoms with Gasteiger partial charge in [-0.15, -0.1) is 0 Å². The lowest BCUT2D eigenvalue weighted by atomic mass is 9.75. The van der Waals surface area contributed by atoms with Crippen molar-refractivity contribution in [2.24, 2.45) is 5.41 Å². The lowest BCUT2D eigenvalue weighted by molar-refractivity contribution is 0.0756. The Labute approximate surface area is 128 Å². The van der Waals surface area contributed by atoms with Gasteiger partial charge in [0.2, 0.25) is 0 Å². The molecule has 0 saturated carbocycles. The minimum absolute atomic E-state index is 0.394. The first kappa shape index (κ1) is 20.0. The number of hydrogen-bond donors (Lipinski definition) is 0. The molecule has 0 aromatic carbocycles. The van der Waals surface area contributed by atoms with Crippen LogP contribution < -0.4 is 0 Å². The molecule has 20 heavy (non-hydrogen) atoms. The highest BCUT2D eigenvalue weighted by Gasteiger charge is 2.22. The minimum Gasteiger partial charge on any atom is -0.379 e. The second-order valence-corrected chi connectivity index (χ2v) is 6.71. The van der Waals surface area contributed by atoms with E-state index in [-0.39, 0.29) is 0 Å². The topological polar surface area (TPSA) is 9.23 Å². The molecule has 0 aromatic heterocycles. The van der Waals surface area contributed by atoms with E-state index in [4.69, 9.17) is 4.74 Å². The lowest BCUT2D eigenvalue weighted by Crippen LogP contribution is -2.17. The van der Waals surface area contributed by atoms with E-state index in [9.17, 15) is 0 Å². The molecule has 0 heterocycles. The van der Waals surface area contributed by atoms with Crippen molar-refractivity contribution in [1.29, 1.82) is 0 Å². The summed E-state index contributed by atoms with van der Waals surface area (Å²) in [6, 6.07) is 0. The van der Waals surface area contributed by atoms with E-state index in [2.05, 4.69) is 34.6 Å². The summed E-state index contributed by atoms with van der Waals surface area (Å²) in [5.74, 6) is 0. The van der Waals surface area contributed by atoms with Gasteiger partial charge in [-0.25, -0.2) is 0 Å². The first-order valence-corrected chi connectivity index (χ1v) is 9.21. The molecule has 0 amide bonds. The van der Waals surface area contributed by atoms with Crippen molar-refractivity contribution in [3.63, 3.8) is 0 Å². The van der Waals surface area contributed by atoms with Crippen LogP contribution in [-0.2, 0) is 4.74 Å². The van der Waals surface area contributed by atoms with Crippen LogP contribution >= 0.6 is 0 Å². The van der Waals surface area contributed by atoms with Crippen LogP contribution in [0, 0.1) is 5.41 Å². The summed E-state index contributed by atoms with van der Waals surface area (Å²) >= 11 is 0. The number of rotatable bonds is 14. The van der Waals surface area contributed by atoms with Gasteiger partial charge in [-0.2, -0.15) is 0 Å². The molecule has 0 fully saturated rings. The zero-order chi connectivity index (χ0) is 15.3. The zero-order valence-electron chi connectivity index (χ0n) is 15.0. The summed E-state index contributed by atoms with van der Waals surface area (Å²) < 4.78 is 5.56. The molecule has 0 radical (unpaired) electrons. The van der Waals surface area contributed by atoms with Gasteiger partial charge in [-0.3, -0.25) is 0 Å². The van der Waals surface area contributed by atoms with E-state index < -0.39 is 0 Å². The predicted molar refractivity (Wildman–Crippen MR) is 91.3 cm³/mol. The molecule has 0 aromatic rings.